The molecule has 0 amide bonds. The van der Waals surface area contributed by atoms with Gasteiger partial charge in [-0.05, 0) is 30.5 Å². The van der Waals surface area contributed by atoms with Crippen LogP contribution in [0.3, 0.4) is 0 Å². The zero-order chi connectivity index (χ0) is 12.0. The highest BCUT2D eigenvalue weighted by Crippen LogP contribution is 2.19. The highest BCUT2D eigenvalue weighted by molar-refractivity contribution is 5.65. The van der Waals surface area contributed by atoms with Gasteiger partial charge in [-0.3, -0.25) is 0 Å². The van der Waals surface area contributed by atoms with Gasteiger partial charge in [-0.2, -0.15) is 0 Å². The third-order valence-corrected chi connectivity index (χ3v) is 2.96. The molecule has 1 heteroatoms. The van der Waals surface area contributed by atoms with Crippen molar-refractivity contribution < 1.29 is 0 Å². The van der Waals surface area contributed by atoms with Crippen molar-refractivity contribution in [3.8, 4) is 0 Å². The fourth-order valence-electron chi connectivity index (χ4n) is 1.90. The minimum absolute atomic E-state index is 0.454. The minimum atomic E-state index is 0.454. The Morgan fingerprint density at radius 3 is 2.31 bits per heavy atom. The maximum atomic E-state index is 3.36. The summed E-state index contributed by atoms with van der Waals surface area (Å²) in [6.07, 6.45) is 3.44. The van der Waals surface area contributed by atoms with Crippen LogP contribution in [0.5, 0.6) is 0 Å². The molecule has 0 aliphatic heterocycles. The summed E-state index contributed by atoms with van der Waals surface area (Å²) in [6, 6.07) is 11.1. The molecule has 0 fully saturated rings. The van der Waals surface area contributed by atoms with Crippen molar-refractivity contribution in [1.29, 1.82) is 0 Å². The first-order valence-corrected chi connectivity index (χ1v) is 6.12. The standard InChI is InChI=1S/C15H23N/c1-5-13(11-15(16-4)12(2)3)14-9-7-6-8-10-14/h6-12,15-16H,5H2,1-4H3/b13-11-. The zero-order valence-electron chi connectivity index (χ0n) is 10.8. The SMILES string of the molecule is CC/C(=C/C(NC)C(C)C)c1ccccc1. The quantitative estimate of drug-likeness (QED) is 0.792. The average Bonchev–Trinajstić information content (AvgIpc) is 2.31. The normalized spacial score (nSPS) is 14.2. The second-order valence-corrected chi connectivity index (χ2v) is 4.47. The van der Waals surface area contributed by atoms with E-state index in [9.17, 15) is 0 Å². The van der Waals surface area contributed by atoms with Crippen molar-refractivity contribution in [3.63, 3.8) is 0 Å². The fourth-order valence-corrected chi connectivity index (χ4v) is 1.90. The molecule has 1 N–H and O–H groups in total. The van der Waals surface area contributed by atoms with Crippen LogP contribution in [-0.2, 0) is 0 Å². The molecule has 16 heavy (non-hydrogen) atoms. The van der Waals surface area contributed by atoms with Crippen molar-refractivity contribution in [2.24, 2.45) is 5.92 Å². The van der Waals surface area contributed by atoms with E-state index in [-0.39, 0.29) is 0 Å². The monoisotopic (exact) mass is 217 g/mol. The molecule has 0 saturated heterocycles. The first-order chi connectivity index (χ1) is 7.69. The Balaban J connectivity index is 2.93. The third kappa shape index (κ3) is 3.49. The van der Waals surface area contributed by atoms with Crippen LogP contribution in [0.15, 0.2) is 36.4 Å². The van der Waals surface area contributed by atoms with Crippen molar-refractivity contribution in [3.05, 3.63) is 42.0 Å². The number of hydrogen-bond donors (Lipinski definition) is 1. The molecule has 88 valence electrons. The summed E-state index contributed by atoms with van der Waals surface area (Å²) in [5.74, 6) is 0.621. The molecule has 1 nitrogen and oxygen atoms in total. The number of benzene rings is 1. The van der Waals surface area contributed by atoms with Crippen LogP contribution in [-0.4, -0.2) is 13.1 Å². The Labute approximate surface area is 99.6 Å². The fraction of sp³-hybridized carbons (Fsp3) is 0.467. The lowest BCUT2D eigenvalue weighted by Crippen LogP contribution is -2.28. The topological polar surface area (TPSA) is 12.0 Å². The van der Waals surface area contributed by atoms with Crippen LogP contribution < -0.4 is 5.32 Å². The summed E-state index contributed by atoms with van der Waals surface area (Å²) in [4.78, 5) is 0. The maximum Gasteiger partial charge on any atom is 0.0276 e. The maximum absolute atomic E-state index is 3.36. The summed E-state index contributed by atoms with van der Waals surface area (Å²) in [7, 11) is 2.03. The van der Waals surface area contributed by atoms with Crippen molar-refractivity contribution in [2.75, 3.05) is 7.05 Å². The van der Waals surface area contributed by atoms with Gasteiger partial charge in [-0.1, -0.05) is 57.2 Å². The van der Waals surface area contributed by atoms with Crippen LogP contribution in [0.2, 0.25) is 0 Å². The molecule has 1 rings (SSSR count). The molecule has 1 atom stereocenters. The molecule has 1 aromatic carbocycles. The van der Waals surface area contributed by atoms with Gasteiger partial charge >= 0.3 is 0 Å². The number of allylic oxidation sites excluding steroid dienone is 1. The van der Waals surface area contributed by atoms with E-state index in [2.05, 4.69) is 62.5 Å². The smallest absolute Gasteiger partial charge is 0.0276 e. The second kappa shape index (κ2) is 6.49. The lowest BCUT2D eigenvalue weighted by molar-refractivity contribution is 0.499. The average molecular weight is 217 g/mol. The number of nitrogens with one attached hydrogen (secondary N) is 1. The lowest BCUT2D eigenvalue weighted by atomic mass is 9.96. The summed E-state index contributed by atoms with van der Waals surface area (Å²) < 4.78 is 0. The predicted octanol–water partition coefficient (Wildman–Crippen LogP) is 3.72. The molecule has 0 heterocycles. The number of rotatable bonds is 5. The molecule has 0 spiro atoms. The zero-order valence-corrected chi connectivity index (χ0v) is 10.8. The van der Waals surface area contributed by atoms with Crippen molar-refractivity contribution in [2.45, 2.75) is 33.2 Å². The van der Waals surface area contributed by atoms with E-state index in [1.165, 1.54) is 11.1 Å². The van der Waals surface area contributed by atoms with Gasteiger partial charge in [0.05, 0.1) is 0 Å². The van der Waals surface area contributed by atoms with Gasteiger partial charge in [0.2, 0.25) is 0 Å². The van der Waals surface area contributed by atoms with Crippen molar-refractivity contribution >= 4 is 5.57 Å². The molecule has 0 aliphatic rings. The van der Waals surface area contributed by atoms with Crippen molar-refractivity contribution in [1.82, 2.24) is 5.32 Å². The summed E-state index contributed by atoms with van der Waals surface area (Å²) in [6.45, 7) is 6.71. The van der Waals surface area contributed by atoms with E-state index in [4.69, 9.17) is 0 Å². The first kappa shape index (κ1) is 13.0. The van der Waals surface area contributed by atoms with Gasteiger partial charge in [0, 0.05) is 6.04 Å². The largest absolute Gasteiger partial charge is 0.313 e. The number of likely N-dealkylation sites (N-methyl/N-ethyl adjacent to an activating group) is 1. The van der Waals surface area contributed by atoms with Crippen LogP contribution in [0.4, 0.5) is 0 Å². The second-order valence-electron chi connectivity index (χ2n) is 4.47. The van der Waals surface area contributed by atoms with E-state index >= 15 is 0 Å². The molecule has 0 aliphatic carbocycles. The van der Waals surface area contributed by atoms with Gasteiger partial charge in [0.1, 0.15) is 0 Å². The van der Waals surface area contributed by atoms with Crippen LogP contribution >= 0.6 is 0 Å². The Hall–Kier alpha value is -1.08. The number of hydrogen-bond acceptors (Lipinski definition) is 1. The van der Waals surface area contributed by atoms with Crippen LogP contribution in [0, 0.1) is 5.92 Å². The molecule has 0 saturated carbocycles. The molecular formula is C15H23N. The van der Waals surface area contributed by atoms with Gasteiger partial charge in [-0.25, -0.2) is 0 Å². The van der Waals surface area contributed by atoms with Gasteiger partial charge in [0.25, 0.3) is 0 Å². The predicted molar refractivity (Wildman–Crippen MR) is 72.4 cm³/mol. The summed E-state index contributed by atoms with van der Waals surface area (Å²) in [5, 5.41) is 3.36. The molecule has 1 aromatic rings. The Kier molecular flexibility index (Phi) is 5.27. The lowest BCUT2D eigenvalue weighted by Gasteiger charge is -2.18. The Morgan fingerprint density at radius 2 is 1.88 bits per heavy atom. The third-order valence-electron chi connectivity index (χ3n) is 2.96. The Bertz CT molecular complexity index is 325. The van der Waals surface area contributed by atoms with E-state index in [1.54, 1.807) is 0 Å². The minimum Gasteiger partial charge on any atom is -0.313 e. The summed E-state index contributed by atoms with van der Waals surface area (Å²) >= 11 is 0. The van der Waals surface area contributed by atoms with Gasteiger partial charge in [0.15, 0.2) is 0 Å². The highest BCUT2D eigenvalue weighted by Gasteiger charge is 2.09. The first-order valence-electron chi connectivity index (χ1n) is 6.12. The molecular weight excluding hydrogens is 194 g/mol. The molecule has 0 bridgehead atoms. The van der Waals surface area contributed by atoms with E-state index in [0.717, 1.165) is 6.42 Å². The van der Waals surface area contributed by atoms with Crippen LogP contribution in [0.25, 0.3) is 5.57 Å². The van der Waals surface area contributed by atoms with E-state index < -0.39 is 0 Å². The molecule has 0 radical (unpaired) electrons. The van der Waals surface area contributed by atoms with Gasteiger partial charge in [-0.15, -0.1) is 0 Å². The Morgan fingerprint density at radius 1 is 1.25 bits per heavy atom. The molecule has 0 aromatic heterocycles. The highest BCUT2D eigenvalue weighted by atomic mass is 14.9. The van der Waals surface area contributed by atoms with Gasteiger partial charge < -0.3 is 5.32 Å². The van der Waals surface area contributed by atoms with Crippen LogP contribution in [0.1, 0.15) is 32.8 Å². The molecule has 1 unspecified atom stereocenters. The summed E-state index contributed by atoms with van der Waals surface area (Å²) in [5.41, 5.74) is 2.76. The van der Waals surface area contributed by atoms with E-state index in [0.29, 0.717) is 12.0 Å². The van der Waals surface area contributed by atoms with E-state index in [1.807, 2.05) is 7.05 Å².